The number of hydrogen-bond donors (Lipinski definition) is 2. The van der Waals surface area contributed by atoms with Crippen molar-refractivity contribution in [1.82, 2.24) is 5.32 Å². The number of hydrogen-bond acceptors (Lipinski definition) is 3. The van der Waals surface area contributed by atoms with Crippen LogP contribution >= 0.6 is 11.8 Å². The summed E-state index contributed by atoms with van der Waals surface area (Å²) in [6, 6.07) is 7.47. The second kappa shape index (κ2) is 6.96. The molecule has 19 heavy (non-hydrogen) atoms. The number of aliphatic hydroxyl groups excluding tert-OH is 1. The van der Waals surface area contributed by atoms with Crippen molar-refractivity contribution in [2.45, 2.75) is 49.1 Å². The van der Waals surface area contributed by atoms with E-state index in [-0.39, 0.29) is 11.9 Å². The third-order valence-electron chi connectivity index (χ3n) is 3.65. The van der Waals surface area contributed by atoms with Crippen molar-refractivity contribution in [1.29, 1.82) is 0 Å². The Labute approximate surface area is 118 Å². The first kappa shape index (κ1) is 14.4. The quantitative estimate of drug-likeness (QED) is 0.661. The summed E-state index contributed by atoms with van der Waals surface area (Å²) in [5.74, 6) is -0.0846. The Morgan fingerprint density at radius 1 is 1.21 bits per heavy atom. The minimum Gasteiger partial charge on any atom is -0.391 e. The lowest BCUT2D eigenvalue weighted by Crippen LogP contribution is -2.42. The molecule has 2 unspecified atom stereocenters. The molecule has 1 fully saturated rings. The van der Waals surface area contributed by atoms with Crippen molar-refractivity contribution in [2.24, 2.45) is 0 Å². The van der Waals surface area contributed by atoms with Gasteiger partial charge >= 0.3 is 0 Å². The van der Waals surface area contributed by atoms with E-state index in [2.05, 4.69) is 5.32 Å². The number of aliphatic hydroxyl groups is 1. The average molecular weight is 279 g/mol. The molecule has 0 radical (unpaired) electrons. The SMILES string of the molecule is CSc1ccc(C(=O)NC2CCCCCC2O)cc1. The molecule has 1 aromatic rings. The standard InChI is InChI=1S/C15H21NO2S/c1-19-12-9-7-11(8-10-12)15(18)16-13-5-3-2-4-6-14(13)17/h7-10,13-14,17H,2-6H2,1H3,(H,16,18). The molecular weight excluding hydrogens is 258 g/mol. The Balaban J connectivity index is 1.98. The molecule has 2 N–H and O–H groups in total. The number of nitrogens with one attached hydrogen (secondary N) is 1. The maximum atomic E-state index is 12.1. The molecule has 1 aromatic carbocycles. The molecule has 2 atom stereocenters. The molecule has 4 heteroatoms. The number of rotatable bonds is 3. The molecule has 1 aliphatic carbocycles. The molecule has 0 spiro atoms. The molecule has 1 aliphatic rings. The second-order valence-electron chi connectivity index (χ2n) is 5.01. The zero-order chi connectivity index (χ0) is 13.7. The van der Waals surface area contributed by atoms with Crippen LogP contribution in [-0.2, 0) is 0 Å². The molecule has 1 amide bonds. The van der Waals surface area contributed by atoms with Crippen LogP contribution in [0.15, 0.2) is 29.2 Å². The Morgan fingerprint density at radius 2 is 1.89 bits per heavy atom. The highest BCUT2D eigenvalue weighted by molar-refractivity contribution is 7.98. The zero-order valence-electron chi connectivity index (χ0n) is 11.3. The molecule has 3 nitrogen and oxygen atoms in total. The predicted octanol–water partition coefficient (Wildman–Crippen LogP) is 2.83. The highest BCUT2D eigenvalue weighted by atomic mass is 32.2. The highest BCUT2D eigenvalue weighted by Gasteiger charge is 2.23. The number of benzene rings is 1. The van der Waals surface area contributed by atoms with Gasteiger partial charge in [0.1, 0.15) is 0 Å². The van der Waals surface area contributed by atoms with E-state index in [4.69, 9.17) is 0 Å². The van der Waals surface area contributed by atoms with Crippen molar-refractivity contribution in [3.63, 3.8) is 0 Å². The lowest BCUT2D eigenvalue weighted by Gasteiger charge is -2.21. The third kappa shape index (κ3) is 3.98. The normalized spacial score (nSPS) is 23.7. The van der Waals surface area contributed by atoms with Gasteiger partial charge in [0.15, 0.2) is 0 Å². The number of carbonyl (C=O) groups is 1. The lowest BCUT2D eigenvalue weighted by molar-refractivity contribution is 0.0818. The van der Waals surface area contributed by atoms with Crippen molar-refractivity contribution in [2.75, 3.05) is 6.26 Å². The minimum absolute atomic E-state index is 0.0846. The Bertz CT molecular complexity index is 419. The summed E-state index contributed by atoms with van der Waals surface area (Å²) in [5.41, 5.74) is 0.661. The molecule has 0 aromatic heterocycles. The Hall–Kier alpha value is -1.00. The van der Waals surface area contributed by atoms with Crippen molar-refractivity contribution >= 4 is 17.7 Å². The fourth-order valence-corrected chi connectivity index (χ4v) is 2.86. The van der Waals surface area contributed by atoms with E-state index in [9.17, 15) is 9.90 Å². The maximum Gasteiger partial charge on any atom is 0.251 e. The van der Waals surface area contributed by atoms with E-state index in [0.29, 0.717) is 5.56 Å². The van der Waals surface area contributed by atoms with Crippen molar-refractivity contribution < 1.29 is 9.90 Å². The van der Waals surface area contributed by atoms with Crippen LogP contribution in [-0.4, -0.2) is 29.4 Å². The lowest BCUT2D eigenvalue weighted by atomic mass is 10.1. The molecule has 1 saturated carbocycles. The van der Waals surface area contributed by atoms with E-state index in [1.54, 1.807) is 11.8 Å². The van der Waals surface area contributed by atoms with Crippen molar-refractivity contribution in [3.05, 3.63) is 29.8 Å². The van der Waals surface area contributed by atoms with E-state index < -0.39 is 6.10 Å². The number of thioether (sulfide) groups is 1. The summed E-state index contributed by atoms with van der Waals surface area (Å²) >= 11 is 1.66. The first-order valence-electron chi connectivity index (χ1n) is 6.83. The van der Waals surface area contributed by atoms with Crippen LogP contribution in [0.1, 0.15) is 42.5 Å². The van der Waals surface area contributed by atoms with Crippen LogP contribution in [0.2, 0.25) is 0 Å². The molecule has 0 saturated heterocycles. The van der Waals surface area contributed by atoms with Crippen LogP contribution in [0, 0.1) is 0 Å². The first-order valence-corrected chi connectivity index (χ1v) is 8.06. The molecule has 104 valence electrons. The van der Waals surface area contributed by atoms with Crippen LogP contribution in [0.25, 0.3) is 0 Å². The predicted molar refractivity (Wildman–Crippen MR) is 78.6 cm³/mol. The molecule has 0 bridgehead atoms. The highest BCUT2D eigenvalue weighted by Crippen LogP contribution is 2.19. The Morgan fingerprint density at radius 3 is 2.58 bits per heavy atom. The fraction of sp³-hybridized carbons (Fsp3) is 0.533. The van der Waals surface area contributed by atoms with Gasteiger partial charge in [-0.1, -0.05) is 19.3 Å². The summed E-state index contributed by atoms with van der Waals surface area (Å²) in [6.07, 6.45) is 6.54. The van der Waals surface area contributed by atoms with Crippen LogP contribution in [0.3, 0.4) is 0 Å². The topological polar surface area (TPSA) is 49.3 Å². The minimum atomic E-state index is -0.406. The third-order valence-corrected chi connectivity index (χ3v) is 4.39. The smallest absolute Gasteiger partial charge is 0.251 e. The van der Waals surface area contributed by atoms with E-state index in [1.807, 2.05) is 30.5 Å². The van der Waals surface area contributed by atoms with Crippen molar-refractivity contribution in [3.8, 4) is 0 Å². The number of carbonyl (C=O) groups excluding carboxylic acids is 1. The largest absolute Gasteiger partial charge is 0.391 e. The second-order valence-corrected chi connectivity index (χ2v) is 5.89. The van der Waals surface area contributed by atoms with Gasteiger partial charge in [-0.2, -0.15) is 0 Å². The molecule has 0 aliphatic heterocycles. The summed E-state index contributed by atoms with van der Waals surface area (Å²) in [5, 5.41) is 13.0. The summed E-state index contributed by atoms with van der Waals surface area (Å²) in [4.78, 5) is 13.3. The summed E-state index contributed by atoms with van der Waals surface area (Å²) in [6.45, 7) is 0. The average Bonchev–Trinajstić information content (AvgIpc) is 2.64. The molecule has 2 rings (SSSR count). The molecular formula is C15H21NO2S. The van der Waals surface area contributed by atoms with Gasteiger partial charge in [-0.25, -0.2) is 0 Å². The number of amides is 1. The van der Waals surface area contributed by atoms with Gasteiger partial charge in [-0.15, -0.1) is 11.8 Å². The van der Waals surface area contributed by atoms with Gasteiger partial charge in [0.2, 0.25) is 0 Å². The van der Waals surface area contributed by atoms with Gasteiger partial charge in [0.05, 0.1) is 12.1 Å². The maximum absolute atomic E-state index is 12.1. The van der Waals surface area contributed by atoms with Crippen LogP contribution in [0.5, 0.6) is 0 Å². The van der Waals surface area contributed by atoms with E-state index >= 15 is 0 Å². The van der Waals surface area contributed by atoms with Crippen LogP contribution < -0.4 is 5.32 Å². The Kier molecular flexibility index (Phi) is 5.28. The van der Waals surface area contributed by atoms with Gasteiger partial charge in [-0.3, -0.25) is 4.79 Å². The zero-order valence-corrected chi connectivity index (χ0v) is 12.1. The monoisotopic (exact) mass is 279 g/mol. The van der Waals surface area contributed by atoms with Gasteiger partial charge in [0, 0.05) is 10.5 Å². The van der Waals surface area contributed by atoms with Crippen LogP contribution in [0.4, 0.5) is 0 Å². The summed E-state index contributed by atoms with van der Waals surface area (Å²) in [7, 11) is 0. The first-order chi connectivity index (χ1) is 9.20. The van der Waals surface area contributed by atoms with E-state index in [1.165, 1.54) is 0 Å². The van der Waals surface area contributed by atoms with Gasteiger partial charge in [-0.05, 0) is 43.4 Å². The van der Waals surface area contributed by atoms with E-state index in [0.717, 1.165) is 37.0 Å². The molecule has 0 heterocycles. The fourth-order valence-electron chi connectivity index (χ4n) is 2.45. The summed E-state index contributed by atoms with van der Waals surface area (Å²) < 4.78 is 0. The van der Waals surface area contributed by atoms with Gasteiger partial charge < -0.3 is 10.4 Å². The van der Waals surface area contributed by atoms with Gasteiger partial charge in [0.25, 0.3) is 5.91 Å².